The topological polar surface area (TPSA) is 141 Å². The van der Waals surface area contributed by atoms with Crippen LogP contribution in [0.1, 0.15) is 66.2 Å². The second-order valence-corrected chi connectivity index (χ2v) is 9.79. The van der Waals surface area contributed by atoms with Crippen LogP contribution in [0.15, 0.2) is 36.7 Å². The van der Waals surface area contributed by atoms with Gasteiger partial charge >= 0.3 is 6.18 Å². The third kappa shape index (κ3) is 6.33. The van der Waals surface area contributed by atoms with Gasteiger partial charge in [-0.05, 0) is 63.8 Å². The molecule has 0 radical (unpaired) electrons. The van der Waals surface area contributed by atoms with Crippen molar-refractivity contribution in [1.29, 1.82) is 0 Å². The van der Waals surface area contributed by atoms with Gasteiger partial charge in [-0.15, -0.1) is 0 Å². The lowest BCUT2D eigenvalue weighted by Gasteiger charge is -2.29. The molecule has 0 spiro atoms. The third-order valence-electron chi connectivity index (χ3n) is 5.99. The smallest absolute Gasteiger partial charge is 0.450 e. The van der Waals surface area contributed by atoms with Gasteiger partial charge in [0, 0.05) is 12.2 Å². The second-order valence-electron chi connectivity index (χ2n) is 9.79. The van der Waals surface area contributed by atoms with Crippen LogP contribution in [0.25, 0.3) is 5.52 Å². The van der Waals surface area contributed by atoms with Crippen molar-refractivity contribution in [1.82, 2.24) is 19.7 Å². The average molecular weight is 536 g/mol. The van der Waals surface area contributed by atoms with Crippen LogP contribution in [0, 0.1) is 0 Å². The van der Waals surface area contributed by atoms with Crippen molar-refractivity contribution in [2.45, 2.75) is 63.5 Å². The van der Waals surface area contributed by atoms with Gasteiger partial charge in [-0.1, -0.05) is 0 Å². The summed E-state index contributed by atoms with van der Waals surface area (Å²) in [6, 6.07) is 5.53. The fourth-order valence-corrected chi connectivity index (χ4v) is 4.19. The minimum absolute atomic E-state index is 0.0309. The number of carbonyl (C=O) groups excluding carboxylic acids is 2. The summed E-state index contributed by atoms with van der Waals surface area (Å²) in [7, 11) is 0. The zero-order valence-corrected chi connectivity index (χ0v) is 20.8. The Morgan fingerprint density at radius 2 is 1.89 bits per heavy atom. The first-order chi connectivity index (χ1) is 17.8. The van der Waals surface area contributed by atoms with Gasteiger partial charge in [-0.3, -0.25) is 14.0 Å². The molecule has 3 aromatic rings. The number of ether oxygens (including phenoxy) is 2. The molecule has 0 bridgehead atoms. The highest BCUT2D eigenvalue weighted by Gasteiger charge is 2.38. The van der Waals surface area contributed by atoms with Gasteiger partial charge in [-0.25, -0.2) is 9.97 Å². The van der Waals surface area contributed by atoms with Gasteiger partial charge < -0.3 is 25.6 Å². The Bertz CT molecular complexity index is 1330. The summed E-state index contributed by atoms with van der Waals surface area (Å²) in [4.78, 5) is 32.3. The number of nitrogens with zero attached hydrogens (tertiary/aromatic N) is 3. The number of imidazole rings is 1. The van der Waals surface area contributed by atoms with Crippen LogP contribution in [0.2, 0.25) is 0 Å². The quantitative estimate of drug-likeness (QED) is 0.403. The van der Waals surface area contributed by atoms with Crippen LogP contribution in [0.4, 0.5) is 13.2 Å². The summed E-state index contributed by atoms with van der Waals surface area (Å²) in [5, 5.41) is 12.6. The highest BCUT2D eigenvalue weighted by Crippen LogP contribution is 2.32. The van der Waals surface area contributed by atoms with Gasteiger partial charge in [-0.2, -0.15) is 13.2 Å². The van der Waals surface area contributed by atoms with Gasteiger partial charge in [0.1, 0.15) is 24.0 Å². The maximum Gasteiger partial charge on any atom is 0.450 e. The minimum Gasteiger partial charge on any atom is -0.489 e. The fourth-order valence-electron chi connectivity index (χ4n) is 4.19. The monoisotopic (exact) mass is 535 g/mol. The molecule has 4 N–H and O–H groups in total. The summed E-state index contributed by atoms with van der Waals surface area (Å²) < 4.78 is 53.2. The van der Waals surface area contributed by atoms with E-state index in [1.165, 1.54) is 38.2 Å². The van der Waals surface area contributed by atoms with Crippen molar-refractivity contribution in [2.24, 2.45) is 5.73 Å². The van der Waals surface area contributed by atoms with E-state index in [0.29, 0.717) is 25.7 Å². The number of halogens is 3. The SMILES string of the molecule is CC(C)(O)COc1ccc2c(C(=O)NC3CCC(Oc4ncccc4C(N)=O)CC3)nc(C(F)(F)F)n2c1. The Balaban J connectivity index is 1.45. The Hall–Kier alpha value is -3.87. The molecular weight excluding hydrogens is 507 g/mol. The molecule has 1 fully saturated rings. The first-order valence-corrected chi connectivity index (χ1v) is 12.0. The van der Waals surface area contributed by atoms with E-state index in [2.05, 4.69) is 15.3 Å². The van der Waals surface area contributed by atoms with E-state index in [4.69, 9.17) is 15.2 Å². The van der Waals surface area contributed by atoms with E-state index in [0.717, 1.165) is 10.6 Å². The molecule has 2 amide bonds. The molecule has 3 heterocycles. The number of rotatable bonds is 8. The molecule has 1 aliphatic carbocycles. The van der Waals surface area contributed by atoms with Crippen molar-refractivity contribution in [3.05, 3.63) is 53.7 Å². The van der Waals surface area contributed by atoms with Crippen LogP contribution < -0.4 is 20.5 Å². The number of pyridine rings is 2. The first-order valence-electron chi connectivity index (χ1n) is 12.0. The highest BCUT2D eigenvalue weighted by molar-refractivity contribution is 5.99. The minimum atomic E-state index is -4.82. The fraction of sp³-hybridized carbons (Fsp3) is 0.440. The molecule has 38 heavy (non-hydrogen) atoms. The van der Waals surface area contributed by atoms with E-state index in [1.54, 1.807) is 6.07 Å². The maximum atomic E-state index is 13.7. The molecule has 0 atom stereocenters. The Labute approximate surface area is 216 Å². The molecule has 0 aromatic carbocycles. The number of aromatic nitrogens is 3. The van der Waals surface area contributed by atoms with Gasteiger partial charge in [0.25, 0.3) is 11.8 Å². The Kier molecular flexibility index (Phi) is 7.49. The normalized spacial score (nSPS) is 18.3. The lowest BCUT2D eigenvalue weighted by molar-refractivity contribution is -0.145. The highest BCUT2D eigenvalue weighted by atomic mass is 19.4. The summed E-state index contributed by atoms with van der Waals surface area (Å²) in [5.41, 5.74) is 3.95. The van der Waals surface area contributed by atoms with Crippen LogP contribution in [-0.4, -0.2) is 55.6 Å². The molecule has 0 aliphatic heterocycles. The number of aliphatic hydroxyl groups is 1. The third-order valence-corrected chi connectivity index (χ3v) is 5.99. The number of carbonyl (C=O) groups is 2. The molecular formula is C25H28F3N5O5. The number of hydrogen-bond donors (Lipinski definition) is 3. The van der Waals surface area contributed by atoms with Gasteiger partial charge in [0.05, 0.1) is 17.3 Å². The summed E-state index contributed by atoms with van der Waals surface area (Å²) in [6.07, 6.45) is -0.443. The van der Waals surface area contributed by atoms with E-state index in [-0.39, 0.29) is 47.2 Å². The van der Waals surface area contributed by atoms with Crippen molar-refractivity contribution in [3.63, 3.8) is 0 Å². The van der Waals surface area contributed by atoms with Crippen molar-refractivity contribution in [3.8, 4) is 11.6 Å². The van der Waals surface area contributed by atoms with E-state index in [9.17, 15) is 27.9 Å². The molecule has 1 aliphatic rings. The molecule has 0 saturated heterocycles. The number of hydrogen-bond acceptors (Lipinski definition) is 7. The number of fused-ring (bicyclic) bond motifs is 1. The number of nitrogens with one attached hydrogen (secondary N) is 1. The second kappa shape index (κ2) is 10.5. The number of primary amides is 1. The number of nitrogens with two attached hydrogens (primary N) is 1. The van der Waals surface area contributed by atoms with Crippen molar-refractivity contribution < 1.29 is 37.3 Å². The molecule has 4 rings (SSSR count). The summed E-state index contributed by atoms with van der Waals surface area (Å²) in [5.74, 6) is -2.42. The maximum absolute atomic E-state index is 13.7. The Morgan fingerprint density at radius 3 is 2.53 bits per heavy atom. The van der Waals surface area contributed by atoms with Gasteiger partial charge in [0.15, 0.2) is 5.69 Å². The standard InChI is InChI=1S/C25H28F3N5O5/c1-24(2,36)13-37-16-9-10-18-19(32-23(25(26,27)28)33(18)12-16)21(35)31-14-5-7-15(8-6-14)38-22-17(20(29)34)4-3-11-30-22/h3-4,9-12,14-15,36H,5-8,13H2,1-2H3,(H2,29,34)(H,31,35). The molecule has 10 nitrogen and oxygen atoms in total. The van der Waals surface area contributed by atoms with Crippen molar-refractivity contribution in [2.75, 3.05) is 6.61 Å². The lowest BCUT2D eigenvalue weighted by Crippen LogP contribution is -2.40. The van der Waals surface area contributed by atoms with Crippen LogP contribution in [-0.2, 0) is 6.18 Å². The van der Waals surface area contributed by atoms with Crippen LogP contribution in [0.3, 0.4) is 0 Å². The number of amides is 2. The predicted molar refractivity (Wildman–Crippen MR) is 129 cm³/mol. The summed E-state index contributed by atoms with van der Waals surface area (Å²) in [6.45, 7) is 2.87. The molecule has 1 saturated carbocycles. The first kappa shape index (κ1) is 27.2. The lowest BCUT2D eigenvalue weighted by atomic mass is 9.93. The molecule has 204 valence electrons. The molecule has 0 unspecified atom stereocenters. The summed E-state index contributed by atoms with van der Waals surface area (Å²) >= 11 is 0. The Morgan fingerprint density at radius 1 is 1.18 bits per heavy atom. The predicted octanol–water partition coefficient (Wildman–Crippen LogP) is 3.12. The zero-order valence-electron chi connectivity index (χ0n) is 20.8. The van der Waals surface area contributed by atoms with E-state index >= 15 is 0 Å². The zero-order chi connectivity index (χ0) is 27.7. The average Bonchev–Trinajstić information content (AvgIpc) is 3.23. The molecule has 13 heteroatoms. The molecule has 3 aromatic heterocycles. The van der Waals surface area contributed by atoms with Crippen LogP contribution in [0.5, 0.6) is 11.6 Å². The largest absolute Gasteiger partial charge is 0.489 e. The number of alkyl halides is 3. The van der Waals surface area contributed by atoms with E-state index in [1.807, 2.05) is 0 Å². The van der Waals surface area contributed by atoms with Crippen molar-refractivity contribution >= 4 is 17.3 Å². The van der Waals surface area contributed by atoms with E-state index < -0.39 is 29.4 Å². The van der Waals surface area contributed by atoms with Crippen LogP contribution >= 0.6 is 0 Å². The van der Waals surface area contributed by atoms with Gasteiger partial charge in [0.2, 0.25) is 11.7 Å².